The molecule has 7 nitrogen and oxygen atoms in total. The summed E-state index contributed by atoms with van der Waals surface area (Å²) < 4.78 is 11.8. The molecule has 164 valence electrons. The SMILES string of the molecule is C=C[C@@]1(C)CC(=O)[C@]2(O)[C@@]3(C)[C@@H](O)CCC(C)(C)[C@@H]3[C@@H](O)[C@H](OC(C)=O)[C@@]2(C)O1. The highest BCUT2D eigenvalue weighted by atomic mass is 16.6. The topological polar surface area (TPSA) is 113 Å². The Hall–Kier alpha value is -1.28. The van der Waals surface area contributed by atoms with Crippen molar-refractivity contribution in [2.45, 2.75) is 95.9 Å². The van der Waals surface area contributed by atoms with Crippen molar-refractivity contribution in [2.24, 2.45) is 16.7 Å². The molecule has 3 fully saturated rings. The summed E-state index contributed by atoms with van der Waals surface area (Å²) in [6.45, 7) is 13.6. The summed E-state index contributed by atoms with van der Waals surface area (Å²) in [5.74, 6) is -1.87. The first kappa shape index (κ1) is 22.4. The van der Waals surface area contributed by atoms with Gasteiger partial charge in [-0.05, 0) is 32.1 Å². The molecular weight excluding hydrogens is 376 g/mol. The minimum absolute atomic E-state index is 0.138. The molecule has 3 N–H and O–H groups in total. The number of esters is 1. The Morgan fingerprint density at radius 1 is 1.24 bits per heavy atom. The van der Waals surface area contributed by atoms with Crippen LogP contribution in [0.1, 0.15) is 60.8 Å². The summed E-state index contributed by atoms with van der Waals surface area (Å²) in [6, 6.07) is 0. The third-order valence-corrected chi connectivity index (χ3v) is 8.02. The number of ketones is 1. The molecule has 3 aliphatic rings. The van der Waals surface area contributed by atoms with Crippen LogP contribution in [0, 0.1) is 16.7 Å². The van der Waals surface area contributed by atoms with E-state index in [4.69, 9.17) is 9.47 Å². The van der Waals surface area contributed by atoms with E-state index in [1.54, 1.807) is 13.8 Å². The highest BCUT2D eigenvalue weighted by Crippen LogP contribution is 2.66. The molecule has 0 spiro atoms. The number of rotatable bonds is 2. The zero-order valence-corrected chi connectivity index (χ0v) is 18.2. The first-order chi connectivity index (χ1) is 13.1. The van der Waals surface area contributed by atoms with E-state index in [1.807, 2.05) is 13.8 Å². The molecule has 0 unspecified atom stereocenters. The number of aliphatic hydroxyl groups is 3. The van der Waals surface area contributed by atoms with Crippen LogP contribution in [-0.2, 0) is 19.1 Å². The van der Waals surface area contributed by atoms with Gasteiger partial charge in [-0.3, -0.25) is 9.59 Å². The summed E-state index contributed by atoms with van der Waals surface area (Å²) in [4.78, 5) is 25.5. The van der Waals surface area contributed by atoms with E-state index in [1.165, 1.54) is 19.9 Å². The monoisotopic (exact) mass is 410 g/mol. The Balaban J connectivity index is 2.33. The molecule has 0 aromatic rings. The molecule has 3 rings (SSSR count). The fourth-order valence-corrected chi connectivity index (χ4v) is 6.66. The quantitative estimate of drug-likeness (QED) is 0.467. The maximum atomic E-state index is 13.6. The Morgan fingerprint density at radius 3 is 2.34 bits per heavy atom. The summed E-state index contributed by atoms with van der Waals surface area (Å²) in [6.07, 6.45) is -1.29. The molecule has 0 radical (unpaired) electrons. The van der Waals surface area contributed by atoms with Gasteiger partial charge in [0, 0.05) is 24.7 Å². The lowest BCUT2D eigenvalue weighted by molar-refractivity contribution is -0.370. The molecule has 2 saturated carbocycles. The number of hydrogen-bond acceptors (Lipinski definition) is 7. The van der Waals surface area contributed by atoms with Crippen LogP contribution in [0.3, 0.4) is 0 Å². The van der Waals surface area contributed by atoms with E-state index >= 15 is 0 Å². The largest absolute Gasteiger partial charge is 0.457 e. The van der Waals surface area contributed by atoms with Gasteiger partial charge in [0.2, 0.25) is 0 Å². The second-order valence-electron chi connectivity index (χ2n) is 10.4. The van der Waals surface area contributed by atoms with Crippen molar-refractivity contribution >= 4 is 11.8 Å². The molecule has 8 atom stereocenters. The Labute approximate surface area is 172 Å². The number of ether oxygens (including phenoxy) is 2. The highest BCUT2D eigenvalue weighted by Gasteiger charge is 2.81. The number of carbonyl (C=O) groups excluding carboxylic acids is 2. The fourth-order valence-electron chi connectivity index (χ4n) is 6.66. The van der Waals surface area contributed by atoms with Crippen molar-refractivity contribution in [1.29, 1.82) is 0 Å². The first-order valence-corrected chi connectivity index (χ1v) is 10.2. The van der Waals surface area contributed by atoms with Gasteiger partial charge < -0.3 is 24.8 Å². The number of aliphatic hydroxyl groups excluding tert-OH is 2. The summed E-state index contributed by atoms with van der Waals surface area (Å²) >= 11 is 0. The van der Waals surface area contributed by atoms with E-state index in [9.17, 15) is 24.9 Å². The van der Waals surface area contributed by atoms with Gasteiger partial charge in [0.05, 0.1) is 17.8 Å². The number of hydrogen-bond donors (Lipinski definition) is 3. The van der Waals surface area contributed by atoms with E-state index < -0.39 is 63.6 Å². The standard InChI is InChI=1S/C22H34O7/c1-8-19(5)11-14(25)22(27)20(6)13(24)9-10-18(3,4)16(20)15(26)17(28-12(2)23)21(22,7)29-19/h8,13,15-17,24,26-27H,1,9-11H2,2-7H3/t13-,15+,16-,17-,19-,20-,21+,22-/m0/s1. The molecular formula is C22H34O7. The number of carbonyl (C=O) groups is 2. The average Bonchev–Trinajstić information content (AvgIpc) is 2.59. The molecule has 1 aliphatic heterocycles. The molecule has 2 aliphatic carbocycles. The van der Waals surface area contributed by atoms with Gasteiger partial charge in [-0.25, -0.2) is 0 Å². The fraction of sp³-hybridized carbons (Fsp3) is 0.818. The molecule has 7 heteroatoms. The van der Waals surface area contributed by atoms with Crippen LogP contribution < -0.4 is 0 Å². The van der Waals surface area contributed by atoms with Gasteiger partial charge in [-0.2, -0.15) is 0 Å². The molecule has 1 saturated heterocycles. The van der Waals surface area contributed by atoms with Gasteiger partial charge in [0.15, 0.2) is 17.5 Å². The van der Waals surface area contributed by atoms with E-state index in [0.717, 1.165) is 0 Å². The number of Topliss-reactive ketones (excluding diaryl/α,β-unsaturated/α-hetero) is 1. The molecule has 0 aromatic carbocycles. The lowest BCUT2D eigenvalue weighted by Gasteiger charge is -2.71. The minimum Gasteiger partial charge on any atom is -0.457 e. The maximum Gasteiger partial charge on any atom is 0.303 e. The Morgan fingerprint density at radius 2 is 1.83 bits per heavy atom. The zero-order chi connectivity index (χ0) is 22.2. The second kappa shape index (κ2) is 6.36. The zero-order valence-electron chi connectivity index (χ0n) is 18.2. The van der Waals surface area contributed by atoms with Crippen LogP contribution in [0.15, 0.2) is 12.7 Å². The van der Waals surface area contributed by atoms with Gasteiger partial charge in [-0.1, -0.05) is 26.8 Å². The van der Waals surface area contributed by atoms with Crippen molar-refractivity contribution < 1.29 is 34.4 Å². The normalized spacial score (nSPS) is 51.6. The summed E-state index contributed by atoms with van der Waals surface area (Å²) in [7, 11) is 0. The van der Waals surface area contributed by atoms with E-state index in [-0.39, 0.29) is 6.42 Å². The van der Waals surface area contributed by atoms with Crippen molar-refractivity contribution in [3.05, 3.63) is 12.7 Å². The van der Waals surface area contributed by atoms with Crippen LogP contribution in [0.4, 0.5) is 0 Å². The average molecular weight is 411 g/mol. The van der Waals surface area contributed by atoms with Crippen LogP contribution in [-0.4, -0.2) is 62.2 Å². The van der Waals surface area contributed by atoms with E-state index in [2.05, 4.69) is 6.58 Å². The second-order valence-corrected chi connectivity index (χ2v) is 10.4. The van der Waals surface area contributed by atoms with Crippen LogP contribution in [0.2, 0.25) is 0 Å². The van der Waals surface area contributed by atoms with Crippen molar-refractivity contribution in [3.63, 3.8) is 0 Å². The lowest BCUT2D eigenvalue weighted by Crippen LogP contribution is -2.86. The molecule has 0 amide bonds. The Kier molecular flexibility index (Phi) is 4.91. The van der Waals surface area contributed by atoms with Crippen LogP contribution in [0.25, 0.3) is 0 Å². The van der Waals surface area contributed by atoms with Gasteiger partial charge >= 0.3 is 5.97 Å². The van der Waals surface area contributed by atoms with Crippen molar-refractivity contribution in [1.82, 2.24) is 0 Å². The summed E-state index contributed by atoms with van der Waals surface area (Å²) in [5, 5.41) is 34.7. The third-order valence-electron chi connectivity index (χ3n) is 8.02. The molecule has 0 bridgehead atoms. The van der Waals surface area contributed by atoms with Gasteiger partial charge in [-0.15, -0.1) is 6.58 Å². The summed E-state index contributed by atoms with van der Waals surface area (Å²) in [5.41, 5.74) is -7.00. The molecule has 1 heterocycles. The van der Waals surface area contributed by atoms with Gasteiger partial charge in [0.1, 0.15) is 5.60 Å². The van der Waals surface area contributed by atoms with Crippen LogP contribution in [0.5, 0.6) is 0 Å². The Bertz CT molecular complexity index is 747. The highest BCUT2D eigenvalue weighted by molar-refractivity contribution is 5.92. The minimum atomic E-state index is -2.18. The lowest BCUT2D eigenvalue weighted by atomic mass is 9.40. The predicted octanol–water partition coefficient (Wildman–Crippen LogP) is 1.52. The van der Waals surface area contributed by atoms with Gasteiger partial charge in [0.25, 0.3) is 0 Å². The molecule has 0 aromatic heterocycles. The smallest absolute Gasteiger partial charge is 0.303 e. The van der Waals surface area contributed by atoms with Crippen molar-refractivity contribution in [2.75, 3.05) is 0 Å². The first-order valence-electron chi connectivity index (χ1n) is 10.2. The van der Waals surface area contributed by atoms with E-state index in [0.29, 0.717) is 12.8 Å². The molecule has 29 heavy (non-hydrogen) atoms. The third kappa shape index (κ3) is 2.63. The predicted molar refractivity (Wildman–Crippen MR) is 105 cm³/mol. The maximum absolute atomic E-state index is 13.6. The number of fused-ring (bicyclic) bond motifs is 3. The van der Waals surface area contributed by atoms with Crippen molar-refractivity contribution in [3.8, 4) is 0 Å². The van der Waals surface area contributed by atoms with Crippen LogP contribution >= 0.6 is 0 Å².